The Labute approximate surface area is 239 Å². The van der Waals surface area contributed by atoms with Crippen molar-refractivity contribution < 1.29 is 28.7 Å². The van der Waals surface area contributed by atoms with Gasteiger partial charge in [-0.1, -0.05) is 0 Å². The fraction of sp³-hybridized carbons (Fsp3) is 0.846. The van der Waals surface area contributed by atoms with E-state index in [4.69, 9.17) is 20.9 Å². The van der Waals surface area contributed by atoms with E-state index in [1.54, 1.807) is 13.8 Å². The molecule has 0 aliphatic carbocycles. The summed E-state index contributed by atoms with van der Waals surface area (Å²) in [6.07, 6.45) is 1.68. The van der Waals surface area contributed by atoms with Crippen molar-refractivity contribution in [3.8, 4) is 0 Å². The van der Waals surface area contributed by atoms with Crippen LogP contribution in [0.1, 0.15) is 66.7 Å². The van der Waals surface area contributed by atoms with Gasteiger partial charge in [-0.2, -0.15) is 12.6 Å². The first-order valence-electron chi connectivity index (χ1n) is 13.6. The molecule has 8 N–H and O–H groups in total. The van der Waals surface area contributed by atoms with Gasteiger partial charge in [0, 0.05) is 43.8 Å². The third-order valence-corrected chi connectivity index (χ3v) is 6.14. The predicted octanol–water partition coefficient (Wildman–Crippen LogP) is -0.361. The summed E-state index contributed by atoms with van der Waals surface area (Å²) >= 11 is 3.99. The molecule has 0 rings (SSSR count). The van der Waals surface area contributed by atoms with Gasteiger partial charge in [0.15, 0.2) is 5.78 Å². The van der Waals surface area contributed by atoms with E-state index in [0.717, 1.165) is 6.54 Å². The lowest BCUT2D eigenvalue weighted by atomic mass is 9.93. The topological polar surface area (TPSA) is 187 Å². The van der Waals surface area contributed by atoms with Crippen molar-refractivity contribution in [2.24, 2.45) is 11.5 Å². The zero-order valence-corrected chi connectivity index (χ0v) is 25.3. The van der Waals surface area contributed by atoms with Crippen molar-refractivity contribution in [3.05, 3.63) is 0 Å². The van der Waals surface area contributed by atoms with Crippen molar-refractivity contribution >= 4 is 36.1 Å². The van der Waals surface area contributed by atoms with Gasteiger partial charge in [-0.25, -0.2) is 0 Å². The molecule has 0 saturated carbocycles. The Morgan fingerprint density at radius 1 is 0.846 bits per heavy atom. The molecule has 39 heavy (non-hydrogen) atoms. The minimum atomic E-state index is -1.04. The molecule has 0 unspecified atom stereocenters. The van der Waals surface area contributed by atoms with Crippen LogP contribution in [-0.2, 0) is 28.7 Å². The summed E-state index contributed by atoms with van der Waals surface area (Å²) in [7, 11) is 0. The Balaban J connectivity index is 4.13. The standard InChI is InChI=1S/C26H52N6O6S/c1-25(2,3)31-13-15-38-17-16-37-14-12-29-22(34)10-9-21(33)26(4,5)32-20(23(28)35)8-6-7-11-30-24(36)19(27)18-39/h19-20,31-32,39H,6-18,27H2,1-5H3,(H2,28,35)(H,29,34)(H,30,36)/t19-,20+/m1/s1. The summed E-state index contributed by atoms with van der Waals surface area (Å²) in [6.45, 7) is 13.0. The number of primary amides is 1. The van der Waals surface area contributed by atoms with Crippen molar-refractivity contribution in [2.75, 3.05) is 51.8 Å². The minimum absolute atomic E-state index is 0.0199. The van der Waals surface area contributed by atoms with Crippen LogP contribution in [0.2, 0.25) is 0 Å². The average Bonchev–Trinajstić information content (AvgIpc) is 2.85. The van der Waals surface area contributed by atoms with Crippen molar-refractivity contribution in [1.29, 1.82) is 0 Å². The van der Waals surface area contributed by atoms with Gasteiger partial charge >= 0.3 is 0 Å². The van der Waals surface area contributed by atoms with Crippen LogP contribution in [0, 0.1) is 0 Å². The summed E-state index contributed by atoms with van der Waals surface area (Å²) in [4.78, 5) is 48.5. The second-order valence-corrected chi connectivity index (χ2v) is 11.3. The van der Waals surface area contributed by atoms with E-state index in [-0.39, 0.29) is 41.7 Å². The number of rotatable bonds is 23. The molecule has 3 amide bonds. The Hall–Kier alpha value is -1.77. The number of carbonyl (C=O) groups is 4. The highest BCUT2D eigenvalue weighted by atomic mass is 32.1. The molecule has 0 aromatic carbocycles. The fourth-order valence-corrected chi connectivity index (χ4v) is 3.58. The maximum Gasteiger partial charge on any atom is 0.237 e. The minimum Gasteiger partial charge on any atom is -0.378 e. The van der Waals surface area contributed by atoms with Crippen LogP contribution in [0.15, 0.2) is 0 Å². The number of hydrogen-bond donors (Lipinski definition) is 7. The molecule has 0 aliphatic rings. The molecule has 228 valence electrons. The van der Waals surface area contributed by atoms with E-state index in [1.807, 2.05) is 0 Å². The molecule has 2 atom stereocenters. The van der Waals surface area contributed by atoms with E-state index in [2.05, 4.69) is 54.7 Å². The van der Waals surface area contributed by atoms with Crippen molar-refractivity contribution in [1.82, 2.24) is 21.3 Å². The predicted molar refractivity (Wildman–Crippen MR) is 156 cm³/mol. The molecule has 0 radical (unpaired) electrons. The molecular weight excluding hydrogens is 524 g/mol. The normalized spacial score (nSPS) is 13.5. The average molecular weight is 577 g/mol. The summed E-state index contributed by atoms with van der Waals surface area (Å²) in [5.41, 5.74) is 10.1. The molecule has 0 heterocycles. The van der Waals surface area contributed by atoms with E-state index in [1.165, 1.54) is 0 Å². The van der Waals surface area contributed by atoms with Crippen LogP contribution in [0.3, 0.4) is 0 Å². The van der Waals surface area contributed by atoms with Crippen LogP contribution >= 0.6 is 12.6 Å². The number of nitrogens with two attached hydrogens (primary N) is 2. The highest BCUT2D eigenvalue weighted by molar-refractivity contribution is 7.80. The molecule has 0 aromatic rings. The third kappa shape index (κ3) is 19.9. The third-order valence-electron chi connectivity index (χ3n) is 5.75. The Bertz CT molecular complexity index is 747. The summed E-state index contributed by atoms with van der Waals surface area (Å²) in [5.74, 6) is -1.04. The Kier molecular flexibility index (Phi) is 19.2. The number of unbranched alkanes of at least 4 members (excludes halogenated alkanes) is 1. The first-order chi connectivity index (χ1) is 18.2. The van der Waals surface area contributed by atoms with Gasteiger partial charge in [0.05, 0.1) is 44.1 Å². The van der Waals surface area contributed by atoms with Crippen LogP contribution in [0.5, 0.6) is 0 Å². The molecule has 12 nitrogen and oxygen atoms in total. The molecule has 0 fully saturated rings. The highest BCUT2D eigenvalue weighted by Gasteiger charge is 2.31. The number of amides is 3. The highest BCUT2D eigenvalue weighted by Crippen LogP contribution is 2.13. The molecule has 0 spiro atoms. The molecule has 0 aliphatic heterocycles. The maximum absolute atomic E-state index is 12.7. The first kappa shape index (κ1) is 37.2. The number of carbonyl (C=O) groups excluding carboxylic acids is 4. The molecule has 0 saturated heterocycles. The van der Waals surface area contributed by atoms with E-state index in [0.29, 0.717) is 58.8 Å². The lowest BCUT2D eigenvalue weighted by molar-refractivity contribution is -0.129. The number of hydrogen-bond acceptors (Lipinski definition) is 10. The lowest BCUT2D eigenvalue weighted by Crippen LogP contribution is -2.55. The van der Waals surface area contributed by atoms with Gasteiger partial charge in [0.25, 0.3) is 0 Å². The SMILES string of the molecule is CC(C)(C)NCCOCCOCCNC(=O)CCC(=O)C(C)(C)N[C@@H](CCCCNC(=O)[C@H](N)CS)C(N)=O. The lowest BCUT2D eigenvalue weighted by Gasteiger charge is -2.29. The van der Waals surface area contributed by atoms with E-state index in [9.17, 15) is 19.2 Å². The zero-order chi connectivity index (χ0) is 29.9. The largest absolute Gasteiger partial charge is 0.378 e. The number of Topliss-reactive ketones (excluding diaryl/α,β-unsaturated/α-hetero) is 1. The Morgan fingerprint density at radius 2 is 1.46 bits per heavy atom. The smallest absolute Gasteiger partial charge is 0.237 e. The maximum atomic E-state index is 12.7. The van der Waals surface area contributed by atoms with Crippen molar-refractivity contribution in [3.63, 3.8) is 0 Å². The number of nitrogens with one attached hydrogen (secondary N) is 4. The number of ether oxygens (including phenoxy) is 2. The zero-order valence-electron chi connectivity index (χ0n) is 24.4. The number of ketones is 1. The quantitative estimate of drug-likeness (QED) is 0.0630. The van der Waals surface area contributed by atoms with Gasteiger partial charge in [-0.05, 0) is 53.9 Å². The number of thiol groups is 1. The Morgan fingerprint density at radius 3 is 2.03 bits per heavy atom. The molecule has 13 heteroatoms. The van der Waals surface area contributed by atoms with Crippen molar-refractivity contribution in [2.45, 2.75) is 89.9 Å². The van der Waals surface area contributed by atoms with Crippen LogP contribution in [0.4, 0.5) is 0 Å². The van der Waals surface area contributed by atoms with Crippen LogP contribution in [-0.4, -0.2) is 98.5 Å². The van der Waals surface area contributed by atoms with Gasteiger partial charge in [-0.3, -0.25) is 24.5 Å². The first-order valence-corrected chi connectivity index (χ1v) is 14.2. The molecular formula is C26H52N6O6S. The van der Waals surface area contributed by atoms with Crippen LogP contribution < -0.4 is 32.7 Å². The van der Waals surface area contributed by atoms with E-state index < -0.39 is 23.5 Å². The van der Waals surface area contributed by atoms with Crippen LogP contribution in [0.25, 0.3) is 0 Å². The van der Waals surface area contributed by atoms with Gasteiger partial charge < -0.3 is 36.9 Å². The molecule has 0 bridgehead atoms. The second-order valence-electron chi connectivity index (χ2n) is 11.0. The fourth-order valence-electron chi connectivity index (χ4n) is 3.41. The summed E-state index contributed by atoms with van der Waals surface area (Å²) in [6, 6.07) is -1.38. The monoisotopic (exact) mass is 576 g/mol. The molecule has 0 aromatic heterocycles. The van der Waals surface area contributed by atoms with Gasteiger partial charge in [-0.15, -0.1) is 0 Å². The summed E-state index contributed by atoms with van der Waals surface area (Å²) < 4.78 is 10.9. The summed E-state index contributed by atoms with van der Waals surface area (Å²) in [5, 5.41) is 11.8. The van der Waals surface area contributed by atoms with Gasteiger partial charge in [0.2, 0.25) is 17.7 Å². The van der Waals surface area contributed by atoms with Gasteiger partial charge in [0.1, 0.15) is 0 Å². The second kappa shape index (κ2) is 20.2. The van der Waals surface area contributed by atoms with E-state index >= 15 is 0 Å².